The number of aromatic nitrogens is 1. The Bertz CT molecular complexity index is 766. The molecule has 0 atom stereocenters. The summed E-state index contributed by atoms with van der Waals surface area (Å²) >= 11 is 0. The van der Waals surface area contributed by atoms with E-state index in [0.29, 0.717) is 0 Å². The molecule has 0 saturated heterocycles. The van der Waals surface area contributed by atoms with Crippen LogP contribution in [0.15, 0.2) is 24.4 Å². The van der Waals surface area contributed by atoms with E-state index in [9.17, 15) is 9.59 Å². The molecule has 1 heterocycles. The fraction of sp³-hybridized carbons (Fsp3) is 0.389. The Morgan fingerprint density at radius 3 is 2.46 bits per heavy atom. The smallest absolute Gasteiger partial charge is 0.303 e. The van der Waals surface area contributed by atoms with Crippen molar-refractivity contribution in [1.82, 2.24) is 9.47 Å². The lowest BCUT2D eigenvalue weighted by Gasteiger charge is -2.08. The molecule has 0 aliphatic heterocycles. The van der Waals surface area contributed by atoms with Crippen LogP contribution in [0, 0.1) is 0 Å². The van der Waals surface area contributed by atoms with E-state index < -0.39 is 5.97 Å². The Labute approximate surface area is 151 Å². The summed E-state index contributed by atoms with van der Waals surface area (Å²) in [6.07, 6.45) is 2.44. The van der Waals surface area contributed by atoms with Gasteiger partial charge in [0, 0.05) is 24.5 Å². The topological polar surface area (TPSA) is 109 Å². The molecule has 26 heavy (non-hydrogen) atoms. The third kappa shape index (κ3) is 5.89. The zero-order chi connectivity index (χ0) is 19.7. The molecule has 0 saturated carbocycles. The quantitative estimate of drug-likeness (QED) is 0.723. The predicted octanol–water partition coefficient (Wildman–Crippen LogP) is 1.96. The zero-order valence-corrected chi connectivity index (χ0v) is 15.1. The third-order valence-corrected chi connectivity index (χ3v) is 3.74. The highest BCUT2D eigenvalue weighted by Gasteiger charge is 2.15. The van der Waals surface area contributed by atoms with Gasteiger partial charge in [0.15, 0.2) is 0 Å². The van der Waals surface area contributed by atoms with Gasteiger partial charge in [-0.1, -0.05) is 0 Å². The van der Waals surface area contributed by atoms with Crippen molar-refractivity contribution in [3.05, 3.63) is 30.0 Å². The third-order valence-electron chi connectivity index (χ3n) is 3.74. The van der Waals surface area contributed by atoms with Gasteiger partial charge in [0.2, 0.25) is 5.91 Å². The number of carboxylic acids is 1. The molecule has 142 valence electrons. The number of rotatable bonds is 7. The van der Waals surface area contributed by atoms with Crippen LogP contribution in [-0.2, 0) is 16.0 Å². The van der Waals surface area contributed by atoms with Crippen molar-refractivity contribution in [1.29, 1.82) is 0 Å². The highest BCUT2D eigenvalue weighted by molar-refractivity contribution is 5.96. The molecule has 0 aliphatic carbocycles. The molecule has 8 nitrogen and oxygen atoms in total. The fourth-order valence-corrected chi connectivity index (χ4v) is 2.49. The summed E-state index contributed by atoms with van der Waals surface area (Å²) in [4.78, 5) is 33.4. The van der Waals surface area contributed by atoms with Gasteiger partial charge in [-0.05, 0) is 44.3 Å². The zero-order valence-electron chi connectivity index (χ0n) is 15.1. The van der Waals surface area contributed by atoms with Crippen LogP contribution in [0.4, 0.5) is 0 Å². The van der Waals surface area contributed by atoms with Crippen molar-refractivity contribution in [3.63, 3.8) is 0 Å². The number of carboxylic acid groups (broad SMARTS) is 2. The van der Waals surface area contributed by atoms with E-state index in [1.165, 1.54) is 0 Å². The van der Waals surface area contributed by atoms with Crippen molar-refractivity contribution < 1.29 is 29.3 Å². The maximum Gasteiger partial charge on any atom is 0.303 e. The van der Waals surface area contributed by atoms with Gasteiger partial charge < -0.3 is 19.8 Å². The van der Waals surface area contributed by atoms with Crippen molar-refractivity contribution in [2.24, 2.45) is 0 Å². The maximum absolute atomic E-state index is 12.3. The van der Waals surface area contributed by atoms with E-state index >= 15 is 0 Å². The molecule has 0 aliphatic rings. The summed E-state index contributed by atoms with van der Waals surface area (Å²) in [6.45, 7) is 0.611. The number of likely N-dealkylation sites (N-methyl/N-ethyl adjacent to an activating group) is 1. The molecular formula is C18H24N2O6. The standard InChI is InChI=1S/C17H22N2O4.CH2O2/c1-18(2)9-8-12-11-19(16(20)6-7-17(21)22)15-5-4-13(23-3)10-14(12)15;2-1-3/h4-5,10-11H,6-9H2,1-3H3,(H,21,22);1H,(H,2,3). The lowest BCUT2D eigenvalue weighted by molar-refractivity contribution is -0.137. The SMILES string of the molecule is COc1ccc2c(c1)c(CCN(C)C)cn2C(=O)CCC(=O)O.O=CO. The number of hydrogen-bond acceptors (Lipinski definition) is 5. The number of aliphatic carboxylic acids is 1. The van der Waals surface area contributed by atoms with Crippen LogP contribution in [0.5, 0.6) is 5.75 Å². The molecule has 0 unspecified atom stereocenters. The minimum Gasteiger partial charge on any atom is -0.497 e. The Hall–Kier alpha value is -2.87. The first kappa shape index (κ1) is 21.2. The van der Waals surface area contributed by atoms with Gasteiger partial charge in [0.1, 0.15) is 5.75 Å². The highest BCUT2D eigenvalue weighted by Crippen LogP contribution is 2.27. The maximum atomic E-state index is 12.3. The van der Waals surface area contributed by atoms with E-state index in [0.717, 1.165) is 35.2 Å². The molecule has 2 N–H and O–H groups in total. The minimum atomic E-state index is -0.968. The van der Waals surface area contributed by atoms with Crippen LogP contribution < -0.4 is 4.74 Å². The number of fused-ring (bicyclic) bond motifs is 1. The van der Waals surface area contributed by atoms with E-state index in [-0.39, 0.29) is 25.2 Å². The fourth-order valence-electron chi connectivity index (χ4n) is 2.49. The second-order valence-electron chi connectivity index (χ2n) is 5.85. The van der Waals surface area contributed by atoms with Crippen LogP contribution in [0.2, 0.25) is 0 Å². The number of benzene rings is 1. The molecule has 8 heteroatoms. The van der Waals surface area contributed by atoms with E-state index in [4.69, 9.17) is 19.7 Å². The highest BCUT2D eigenvalue weighted by atomic mass is 16.5. The molecule has 0 spiro atoms. The largest absolute Gasteiger partial charge is 0.497 e. The molecule has 1 aromatic heterocycles. The average molecular weight is 364 g/mol. The van der Waals surface area contributed by atoms with Crippen molar-refractivity contribution in [2.45, 2.75) is 19.3 Å². The first-order chi connectivity index (χ1) is 12.3. The van der Waals surface area contributed by atoms with Gasteiger partial charge in [-0.2, -0.15) is 0 Å². The van der Waals surface area contributed by atoms with Gasteiger partial charge in [0.25, 0.3) is 6.47 Å². The Morgan fingerprint density at radius 2 is 1.92 bits per heavy atom. The van der Waals surface area contributed by atoms with E-state index in [1.54, 1.807) is 17.7 Å². The second kappa shape index (κ2) is 10.2. The van der Waals surface area contributed by atoms with Crippen molar-refractivity contribution in [2.75, 3.05) is 27.7 Å². The minimum absolute atomic E-state index is 0.0156. The molecule has 0 fully saturated rings. The Balaban J connectivity index is 0.00000105. The molecule has 1 aromatic carbocycles. The normalized spacial score (nSPS) is 10.3. The van der Waals surface area contributed by atoms with Crippen molar-refractivity contribution in [3.8, 4) is 5.75 Å². The number of carbonyl (C=O) groups excluding carboxylic acids is 1. The van der Waals surface area contributed by atoms with Gasteiger partial charge >= 0.3 is 5.97 Å². The lowest BCUT2D eigenvalue weighted by atomic mass is 10.1. The van der Waals surface area contributed by atoms with E-state index in [1.807, 2.05) is 32.4 Å². The van der Waals surface area contributed by atoms with Crippen LogP contribution in [0.1, 0.15) is 23.2 Å². The summed E-state index contributed by atoms with van der Waals surface area (Å²) in [5.41, 5.74) is 1.84. The van der Waals surface area contributed by atoms with Crippen LogP contribution >= 0.6 is 0 Å². The number of ether oxygens (including phenoxy) is 1. The van der Waals surface area contributed by atoms with Gasteiger partial charge in [-0.25, -0.2) is 0 Å². The first-order valence-corrected chi connectivity index (χ1v) is 7.99. The van der Waals surface area contributed by atoms with Crippen LogP contribution in [-0.4, -0.2) is 65.8 Å². The van der Waals surface area contributed by atoms with E-state index in [2.05, 4.69) is 4.90 Å². The Kier molecular flexibility index (Phi) is 8.30. The summed E-state index contributed by atoms with van der Waals surface area (Å²) in [5, 5.41) is 16.6. The van der Waals surface area contributed by atoms with Crippen LogP contribution in [0.25, 0.3) is 10.9 Å². The van der Waals surface area contributed by atoms with Gasteiger partial charge in [0.05, 0.1) is 19.0 Å². The number of methoxy groups -OCH3 is 1. The monoisotopic (exact) mass is 364 g/mol. The summed E-state index contributed by atoms with van der Waals surface area (Å²) in [6, 6.07) is 5.56. The second-order valence-corrected chi connectivity index (χ2v) is 5.85. The molecular weight excluding hydrogens is 340 g/mol. The summed E-state index contributed by atoms with van der Waals surface area (Å²) < 4.78 is 6.83. The molecule has 0 amide bonds. The predicted molar refractivity (Wildman–Crippen MR) is 96.9 cm³/mol. The average Bonchev–Trinajstić information content (AvgIpc) is 2.96. The summed E-state index contributed by atoms with van der Waals surface area (Å²) in [5.74, 6) is -0.442. The van der Waals surface area contributed by atoms with Crippen LogP contribution in [0.3, 0.4) is 0 Å². The Morgan fingerprint density at radius 1 is 1.27 bits per heavy atom. The molecule has 0 bridgehead atoms. The van der Waals surface area contributed by atoms with Gasteiger partial charge in [-0.3, -0.25) is 19.0 Å². The lowest BCUT2D eigenvalue weighted by Crippen LogP contribution is -2.15. The molecule has 0 radical (unpaired) electrons. The molecule has 2 aromatic rings. The number of hydrogen-bond donors (Lipinski definition) is 2. The number of nitrogens with zero attached hydrogens (tertiary/aromatic N) is 2. The molecule has 2 rings (SSSR count). The number of carbonyl (C=O) groups is 3. The van der Waals surface area contributed by atoms with Crippen molar-refractivity contribution >= 4 is 29.3 Å². The first-order valence-electron chi connectivity index (χ1n) is 7.99. The summed E-state index contributed by atoms with van der Waals surface area (Å²) in [7, 11) is 5.60. The van der Waals surface area contributed by atoms with Gasteiger partial charge in [-0.15, -0.1) is 0 Å².